The molecule has 0 unspecified atom stereocenters. The molecule has 0 spiro atoms. The van der Waals surface area contributed by atoms with Crippen LogP contribution < -0.4 is 15.2 Å². The molecule has 0 atom stereocenters. The van der Waals surface area contributed by atoms with Gasteiger partial charge in [0.2, 0.25) is 10.0 Å². The maximum Gasteiger partial charge on any atom is 0.250 e. The summed E-state index contributed by atoms with van der Waals surface area (Å²) in [6, 6.07) is 10.6. The Hall–Kier alpha value is -1.41. The number of benzene rings is 1. The van der Waals surface area contributed by atoms with Crippen LogP contribution in [0.4, 0.5) is 0 Å². The van der Waals surface area contributed by atoms with Crippen molar-refractivity contribution in [2.24, 2.45) is 5.73 Å². The van der Waals surface area contributed by atoms with Crippen LogP contribution in [-0.2, 0) is 23.1 Å². The van der Waals surface area contributed by atoms with E-state index in [0.29, 0.717) is 12.3 Å². The zero-order valence-corrected chi connectivity index (χ0v) is 12.6. The molecule has 5 nitrogen and oxygen atoms in total. The number of rotatable bonds is 6. The highest BCUT2D eigenvalue weighted by molar-refractivity contribution is 7.91. The summed E-state index contributed by atoms with van der Waals surface area (Å²) in [4.78, 5) is 0.836. The second-order valence-corrected chi connectivity index (χ2v) is 7.22. The molecule has 108 valence electrons. The van der Waals surface area contributed by atoms with Crippen molar-refractivity contribution >= 4 is 21.4 Å². The smallest absolute Gasteiger partial charge is 0.250 e. The van der Waals surface area contributed by atoms with Crippen molar-refractivity contribution in [1.29, 1.82) is 0 Å². The third-order valence-electron chi connectivity index (χ3n) is 2.75. The number of nitrogens with one attached hydrogen (secondary N) is 1. The van der Waals surface area contributed by atoms with E-state index >= 15 is 0 Å². The van der Waals surface area contributed by atoms with Crippen LogP contribution in [0.3, 0.4) is 0 Å². The van der Waals surface area contributed by atoms with Crippen LogP contribution in [0.1, 0.15) is 10.4 Å². The molecule has 0 saturated carbocycles. The van der Waals surface area contributed by atoms with Crippen molar-refractivity contribution in [3.63, 3.8) is 0 Å². The molecule has 20 heavy (non-hydrogen) atoms. The molecule has 0 radical (unpaired) electrons. The summed E-state index contributed by atoms with van der Waals surface area (Å²) in [5.41, 5.74) is 6.27. The lowest BCUT2D eigenvalue weighted by atomic mass is 10.2. The van der Waals surface area contributed by atoms with E-state index in [-0.39, 0.29) is 10.8 Å². The molecule has 0 bridgehead atoms. The van der Waals surface area contributed by atoms with Gasteiger partial charge in [-0.1, -0.05) is 18.2 Å². The first-order valence-electron chi connectivity index (χ1n) is 5.97. The lowest BCUT2D eigenvalue weighted by molar-refractivity contribution is 0.409. The molecular formula is C13H16N2O3S2. The molecule has 7 heteroatoms. The number of sulfonamides is 1. The number of para-hydroxylation sites is 1. The van der Waals surface area contributed by atoms with Crippen molar-refractivity contribution in [2.45, 2.75) is 17.3 Å². The van der Waals surface area contributed by atoms with Crippen LogP contribution >= 0.6 is 11.3 Å². The topological polar surface area (TPSA) is 81.4 Å². The second-order valence-electron chi connectivity index (χ2n) is 4.06. The number of thiophene rings is 1. The van der Waals surface area contributed by atoms with Crippen molar-refractivity contribution in [2.75, 3.05) is 7.11 Å². The zero-order chi connectivity index (χ0) is 14.6. The number of nitrogens with two attached hydrogens (primary N) is 1. The molecule has 0 aliphatic rings. The van der Waals surface area contributed by atoms with Crippen LogP contribution in [0, 0.1) is 0 Å². The minimum absolute atomic E-state index is 0.183. The fraction of sp³-hybridized carbons (Fsp3) is 0.231. The standard InChI is InChI=1S/C13H16N2O3S2/c1-18-12-5-3-2-4-10(12)9-15-20(16,17)13-7-6-11(8-14)19-13/h2-7,15H,8-9,14H2,1H3. The monoisotopic (exact) mass is 312 g/mol. The van der Waals surface area contributed by atoms with Gasteiger partial charge in [0.15, 0.2) is 0 Å². The van der Waals surface area contributed by atoms with Gasteiger partial charge in [-0.15, -0.1) is 11.3 Å². The first-order chi connectivity index (χ1) is 9.56. The third kappa shape index (κ3) is 3.37. The van der Waals surface area contributed by atoms with Gasteiger partial charge in [-0.2, -0.15) is 0 Å². The van der Waals surface area contributed by atoms with Crippen LogP contribution in [0.5, 0.6) is 5.75 Å². The van der Waals surface area contributed by atoms with Gasteiger partial charge < -0.3 is 10.5 Å². The van der Waals surface area contributed by atoms with Crippen molar-refractivity contribution in [1.82, 2.24) is 4.72 Å². The van der Waals surface area contributed by atoms with E-state index in [9.17, 15) is 8.42 Å². The average Bonchev–Trinajstić information content (AvgIpc) is 2.95. The van der Waals surface area contributed by atoms with Gasteiger partial charge in [0, 0.05) is 23.5 Å². The normalized spacial score (nSPS) is 11.5. The molecule has 0 amide bonds. The zero-order valence-electron chi connectivity index (χ0n) is 11.0. The fourth-order valence-corrected chi connectivity index (χ4v) is 3.99. The Morgan fingerprint density at radius 1 is 1.25 bits per heavy atom. The van der Waals surface area contributed by atoms with Crippen LogP contribution in [0.2, 0.25) is 0 Å². The minimum atomic E-state index is -3.52. The first kappa shape index (κ1) is 15.0. The summed E-state index contributed by atoms with van der Waals surface area (Å²) in [6.07, 6.45) is 0. The molecule has 0 aliphatic carbocycles. The summed E-state index contributed by atoms with van der Waals surface area (Å²) in [5, 5.41) is 0. The summed E-state index contributed by atoms with van der Waals surface area (Å²) in [5.74, 6) is 0.657. The number of ether oxygens (including phenoxy) is 1. The number of hydrogen-bond acceptors (Lipinski definition) is 5. The van der Waals surface area contributed by atoms with Gasteiger partial charge in [0.05, 0.1) is 7.11 Å². The van der Waals surface area contributed by atoms with E-state index in [1.807, 2.05) is 18.2 Å². The Bertz CT molecular complexity index is 680. The van der Waals surface area contributed by atoms with Crippen LogP contribution in [0.25, 0.3) is 0 Å². The molecule has 1 aromatic heterocycles. The van der Waals surface area contributed by atoms with Gasteiger partial charge in [0.25, 0.3) is 0 Å². The van der Waals surface area contributed by atoms with Crippen molar-refractivity contribution in [3.8, 4) is 5.75 Å². The summed E-state index contributed by atoms with van der Waals surface area (Å²) >= 11 is 1.18. The van der Waals surface area contributed by atoms with Gasteiger partial charge in [-0.3, -0.25) is 0 Å². The summed E-state index contributed by atoms with van der Waals surface area (Å²) in [7, 11) is -1.96. The molecule has 2 aromatic rings. The fourth-order valence-electron chi connectivity index (χ4n) is 1.71. The predicted octanol–water partition coefficient (Wildman–Crippen LogP) is 1.69. The average molecular weight is 312 g/mol. The summed E-state index contributed by atoms with van der Waals surface area (Å²) in [6.45, 7) is 0.523. The van der Waals surface area contributed by atoms with Gasteiger partial charge in [0.1, 0.15) is 9.96 Å². The molecule has 3 N–H and O–H groups in total. The molecule has 1 heterocycles. The van der Waals surface area contributed by atoms with Crippen LogP contribution in [0.15, 0.2) is 40.6 Å². The molecule has 0 fully saturated rings. The van der Waals surface area contributed by atoms with Gasteiger partial charge in [-0.25, -0.2) is 13.1 Å². The van der Waals surface area contributed by atoms with Crippen LogP contribution in [-0.4, -0.2) is 15.5 Å². The maximum absolute atomic E-state index is 12.2. The largest absolute Gasteiger partial charge is 0.496 e. The van der Waals surface area contributed by atoms with E-state index in [2.05, 4.69) is 4.72 Å². The second kappa shape index (κ2) is 6.36. The lowest BCUT2D eigenvalue weighted by Gasteiger charge is -2.09. The van der Waals surface area contributed by atoms with Crippen molar-refractivity contribution < 1.29 is 13.2 Å². The quantitative estimate of drug-likeness (QED) is 0.850. The SMILES string of the molecule is COc1ccccc1CNS(=O)(=O)c1ccc(CN)s1. The van der Waals surface area contributed by atoms with E-state index in [0.717, 1.165) is 10.4 Å². The highest BCUT2D eigenvalue weighted by Gasteiger charge is 2.17. The molecule has 0 saturated heterocycles. The Morgan fingerprint density at radius 2 is 2.00 bits per heavy atom. The predicted molar refractivity (Wildman–Crippen MR) is 79.2 cm³/mol. The highest BCUT2D eigenvalue weighted by Crippen LogP contribution is 2.22. The van der Waals surface area contributed by atoms with Gasteiger partial charge >= 0.3 is 0 Å². The summed E-state index contributed by atoms with van der Waals surface area (Å²) < 4.78 is 32.3. The number of methoxy groups -OCH3 is 1. The van der Waals surface area contributed by atoms with E-state index < -0.39 is 10.0 Å². The number of hydrogen-bond donors (Lipinski definition) is 2. The lowest BCUT2D eigenvalue weighted by Crippen LogP contribution is -2.22. The molecule has 0 aliphatic heterocycles. The Morgan fingerprint density at radius 3 is 2.65 bits per heavy atom. The maximum atomic E-state index is 12.2. The highest BCUT2D eigenvalue weighted by atomic mass is 32.2. The third-order valence-corrected chi connectivity index (χ3v) is 5.75. The Labute approximate surface area is 122 Å². The van der Waals surface area contributed by atoms with E-state index in [1.165, 1.54) is 11.3 Å². The Balaban J connectivity index is 2.13. The van der Waals surface area contributed by atoms with Crippen molar-refractivity contribution in [3.05, 3.63) is 46.8 Å². The molecule has 2 rings (SSSR count). The molecular weight excluding hydrogens is 296 g/mol. The minimum Gasteiger partial charge on any atom is -0.496 e. The van der Waals surface area contributed by atoms with E-state index in [1.54, 1.807) is 25.3 Å². The first-order valence-corrected chi connectivity index (χ1v) is 8.27. The van der Waals surface area contributed by atoms with E-state index in [4.69, 9.17) is 10.5 Å². The van der Waals surface area contributed by atoms with Gasteiger partial charge in [-0.05, 0) is 18.2 Å². The Kier molecular flexibility index (Phi) is 4.77. The molecule has 1 aromatic carbocycles.